The van der Waals surface area contributed by atoms with Gasteiger partial charge in [0.1, 0.15) is 0 Å². The summed E-state index contributed by atoms with van der Waals surface area (Å²) in [6.45, 7) is -0.00878. The van der Waals surface area contributed by atoms with Crippen LogP contribution in [-0.4, -0.2) is 36.5 Å². The molecule has 0 saturated carbocycles. The molecular weight excluding hydrogens is 392 g/mol. The third kappa shape index (κ3) is 5.79. The first-order valence-electron chi connectivity index (χ1n) is 9.94. The second kappa shape index (κ2) is 10.2. The molecule has 3 aromatic carbocycles. The number of carboxylic acids is 1. The summed E-state index contributed by atoms with van der Waals surface area (Å²) >= 11 is 0. The average Bonchev–Trinajstić information content (AvgIpc) is 2.81. The van der Waals surface area contributed by atoms with Crippen LogP contribution in [0.1, 0.15) is 26.3 Å². The molecule has 1 unspecified atom stereocenters. The fraction of sp³-hybridized carbons (Fsp3) is 0.160. The molecule has 6 heteroatoms. The van der Waals surface area contributed by atoms with Gasteiger partial charge in [-0.15, -0.1) is 0 Å². The van der Waals surface area contributed by atoms with Crippen molar-refractivity contribution in [3.63, 3.8) is 0 Å². The molecule has 31 heavy (non-hydrogen) atoms. The molecule has 0 aliphatic heterocycles. The third-order valence-corrected chi connectivity index (χ3v) is 5.00. The van der Waals surface area contributed by atoms with Crippen LogP contribution in [0.5, 0.6) is 0 Å². The van der Waals surface area contributed by atoms with Crippen molar-refractivity contribution in [3.05, 3.63) is 102 Å². The highest BCUT2D eigenvalue weighted by atomic mass is 16.4. The van der Waals surface area contributed by atoms with Gasteiger partial charge in [0.25, 0.3) is 11.8 Å². The summed E-state index contributed by atoms with van der Waals surface area (Å²) in [6, 6.07) is 24.9. The molecule has 6 nitrogen and oxygen atoms in total. The number of aliphatic carboxylic acids is 1. The van der Waals surface area contributed by atoms with E-state index in [1.165, 1.54) is 11.0 Å². The number of nitrogens with one attached hydrogen (secondary N) is 1. The minimum absolute atomic E-state index is 0.00878. The number of amides is 2. The summed E-state index contributed by atoms with van der Waals surface area (Å²) in [5, 5.41) is 12.2. The number of carboxylic acid groups (broad SMARTS) is 1. The quantitative estimate of drug-likeness (QED) is 0.587. The molecule has 0 aromatic heterocycles. The number of hydrogen-bond acceptors (Lipinski definition) is 3. The van der Waals surface area contributed by atoms with E-state index in [4.69, 9.17) is 0 Å². The topological polar surface area (TPSA) is 86.7 Å². The van der Waals surface area contributed by atoms with E-state index in [1.807, 2.05) is 60.7 Å². The van der Waals surface area contributed by atoms with Gasteiger partial charge in [0.2, 0.25) is 0 Å². The van der Waals surface area contributed by atoms with E-state index in [0.29, 0.717) is 17.5 Å². The number of carbonyl (C=O) groups is 3. The fourth-order valence-corrected chi connectivity index (χ4v) is 3.22. The monoisotopic (exact) mass is 416 g/mol. The molecule has 0 aliphatic carbocycles. The number of carbonyl (C=O) groups excluding carboxylic acids is 2. The van der Waals surface area contributed by atoms with Gasteiger partial charge in [-0.1, -0.05) is 54.6 Å². The Hall–Kier alpha value is -3.93. The average molecular weight is 416 g/mol. The first kappa shape index (κ1) is 21.8. The predicted molar refractivity (Wildman–Crippen MR) is 119 cm³/mol. The highest BCUT2D eigenvalue weighted by molar-refractivity contribution is 6.07. The lowest BCUT2D eigenvalue weighted by molar-refractivity contribution is -0.141. The summed E-state index contributed by atoms with van der Waals surface area (Å²) in [5.74, 6) is -2.39. The molecule has 0 fully saturated rings. The zero-order valence-corrected chi connectivity index (χ0v) is 17.2. The van der Waals surface area contributed by atoms with Gasteiger partial charge in [-0.25, -0.2) is 0 Å². The number of rotatable bonds is 8. The Morgan fingerprint density at radius 1 is 0.871 bits per heavy atom. The Kier molecular flexibility index (Phi) is 7.17. The molecule has 3 aromatic rings. The normalized spacial score (nSPS) is 11.4. The van der Waals surface area contributed by atoms with E-state index in [0.717, 1.165) is 11.3 Å². The van der Waals surface area contributed by atoms with Gasteiger partial charge in [0.15, 0.2) is 0 Å². The maximum atomic E-state index is 12.8. The molecule has 0 heterocycles. The van der Waals surface area contributed by atoms with Crippen molar-refractivity contribution in [1.29, 1.82) is 0 Å². The highest BCUT2D eigenvalue weighted by Gasteiger charge is 2.20. The van der Waals surface area contributed by atoms with Gasteiger partial charge in [0.05, 0.1) is 5.92 Å². The van der Waals surface area contributed by atoms with Gasteiger partial charge < -0.3 is 15.3 Å². The maximum absolute atomic E-state index is 12.8. The van der Waals surface area contributed by atoms with Crippen LogP contribution in [0.4, 0.5) is 5.69 Å². The van der Waals surface area contributed by atoms with Crippen molar-refractivity contribution >= 4 is 23.5 Å². The number of benzene rings is 3. The maximum Gasteiger partial charge on any atom is 0.308 e. The van der Waals surface area contributed by atoms with Crippen LogP contribution in [0.2, 0.25) is 0 Å². The summed E-state index contributed by atoms with van der Waals surface area (Å²) in [7, 11) is 1.67. The van der Waals surface area contributed by atoms with E-state index in [9.17, 15) is 19.5 Å². The van der Waals surface area contributed by atoms with Gasteiger partial charge in [-0.05, 0) is 42.3 Å². The molecule has 3 rings (SSSR count). The predicted octanol–water partition coefficient (Wildman–Crippen LogP) is 3.64. The molecule has 1 atom stereocenters. The van der Waals surface area contributed by atoms with Crippen molar-refractivity contribution < 1.29 is 19.5 Å². The molecule has 0 bridgehead atoms. The Morgan fingerprint density at radius 3 is 2.13 bits per heavy atom. The van der Waals surface area contributed by atoms with E-state index in [-0.39, 0.29) is 12.5 Å². The Bertz CT molecular complexity index is 1050. The zero-order chi connectivity index (χ0) is 22.2. The second-order valence-corrected chi connectivity index (χ2v) is 7.22. The summed E-state index contributed by atoms with van der Waals surface area (Å²) in [6.07, 6.45) is 0.316. The van der Waals surface area contributed by atoms with Crippen LogP contribution in [0.25, 0.3) is 0 Å². The van der Waals surface area contributed by atoms with Crippen molar-refractivity contribution in [3.8, 4) is 0 Å². The minimum atomic E-state index is -0.974. The molecule has 2 N–H and O–H groups in total. The Morgan fingerprint density at radius 2 is 1.48 bits per heavy atom. The standard InChI is InChI=1S/C25H24N2O4/c1-27(22-13-6-3-7-14-22)24(29)20-12-8-11-19(16-20)23(28)26-17-21(25(30)31)15-18-9-4-2-5-10-18/h2-14,16,21H,15,17H2,1H3,(H,26,28)(H,30,31). The number of hydrogen-bond donors (Lipinski definition) is 2. The lowest BCUT2D eigenvalue weighted by Gasteiger charge is -2.18. The molecule has 158 valence electrons. The molecule has 0 saturated heterocycles. The number of para-hydroxylation sites is 1. The SMILES string of the molecule is CN(C(=O)c1cccc(C(=O)NCC(Cc2ccccc2)C(=O)O)c1)c1ccccc1. The smallest absolute Gasteiger partial charge is 0.308 e. The fourth-order valence-electron chi connectivity index (χ4n) is 3.22. The summed E-state index contributed by atoms with van der Waals surface area (Å²) < 4.78 is 0. The lowest BCUT2D eigenvalue weighted by Crippen LogP contribution is -2.34. The number of nitrogens with zero attached hydrogens (tertiary/aromatic N) is 1. The highest BCUT2D eigenvalue weighted by Crippen LogP contribution is 2.16. The zero-order valence-electron chi connectivity index (χ0n) is 17.2. The second-order valence-electron chi connectivity index (χ2n) is 7.22. The van der Waals surface area contributed by atoms with Crippen LogP contribution in [0.3, 0.4) is 0 Å². The van der Waals surface area contributed by atoms with Crippen LogP contribution in [-0.2, 0) is 11.2 Å². The van der Waals surface area contributed by atoms with Crippen LogP contribution < -0.4 is 10.2 Å². The van der Waals surface area contributed by atoms with Gasteiger partial charge >= 0.3 is 5.97 Å². The lowest BCUT2D eigenvalue weighted by atomic mass is 9.99. The van der Waals surface area contributed by atoms with E-state index in [1.54, 1.807) is 25.2 Å². The van der Waals surface area contributed by atoms with Crippen molar-refractivity contribution in [2.24, 2.45) is 5.92 Å². The summed E-state index contributed by atoms with van der Waals surface area (Å²) in [5.41, 5.74) is 2.31. The van der Waals surface area contributed by atoms with Crippen LogP contribution in [0.15, 0.2) is 84.9 Å². The molecule has 0 radical (unpaired) electrons. The van der Waals surface area contributed by atoms with Crippen molar-refractivity contribution in [2.45, 2.75) is 6.42 Å². The van der Waals surface area contributed by atoms with Gasteiger partial charge in [-0.3, -0.25) is 14.4 Å². The molecule has 0 aliphatic rings. The molecule has 2 amide bonds. The largest absolute Gasteiger partial charge is 0.481 e. The Labute approximate surface area is 181 Å². The van der Waals surface area contributed by atoms with Crippen molar-refractivity contribution in [2.75, 3.05) is 18.5 Å². The first-order valence-corrected chi connectivity index (χ1v) is 9.94. The third-order valence-electron chi connectivity index (χ3n) is 5.00. The van der Waals surface area contributed by atoms with Crippen LogP contribution >= 0.6 is 0 Å². The Balaban J connectivity index is 1.66. The molecular formula is C25H24N2O4. The minimum Gasteiger partial charge on any atom is -0.481 e. The van der Waals surface area contributed by atoms with Crippen LogP contribution in [0, 0.1) is 5.92 Å². The number of anilines is 1. The van der Waals surface area contributed by atoms with Gasteiger partial charge in [0, 0.05) is 30.4 Å². The van der Waals surface area contributed by atoms with E-state index >= 15 is 0 Å². The summed E-state index contributed by atoms with van der Waals surface area (Å²) in [4.78, 5) is 38.5. The van der Waals surface area contributed by atoms with Gasteiger partial charge in [-0.2, -0.15) is 0 Å². The first-order chi connectivity index (χ1) is 15.0. The van der Waals surface area contributed by atoms with Crippen molar-refractivity contribution in [1.82, 2.24) is 5.32 Å². The van der Waals surface area contributed by atoms with E-state index < -0.39 is 17.8 Å². The van der Waals surface area contributed by atoms with E-state index in [2.05, 4.69) is 5.32 Å². The molecule has 0 spiro atoms.